The zero-order valence-electron chi connectivity index (χ0n) is 15.5. The number of hydrogen-bond donors (Lipinski definition) is 1. The first-order valence-electron chi connectivity index (χ1n) is 8.29. The van der Waals surface area contributed by atoms with Gasteiger partial charge in [0.25, 0.3) is 0 Å². The van der Waals surface area contributed by atoms with Crippen LogP contribution in [0.15, 0.2) is 42.5 Å². The summed E-state index contributed by atoms with van der Waals surface area (Å²) in [4.78, 5) is 25.1. The fourth-order valence-electron chi connectivity index (χ4n) is 2.47. The Morgan fingerprint density at radius 2 is 1.65 bits per heavy atom. The summed E-state index contributed by atoms with van der Waals surface area (Å²) in [6.45, 7) is 1.50. The SMILES string of the molecule is COc1ccc(CCC(=O)Nc2ccc(N(C)C(C)=O)cc2)cc1OC. The third-order valence-corrected chi connectivity index (χ3v) is 4.10. The molecular weight excluding hydrogens is 332 g/mol. The summed E-state index contributed by atoms with van der Waals surface area (Å²) in [6.07, 6.45) is 0.946. The van der Waals surface area contributed by atoms with E-state index in [1.165, 1.54) is 6.92 Å². The molecule has 0 aliphatic rings. The molecule has 0 fully saturated rings. The maximum Gasteiger partial charge on any atom is 0.224 e. The van der Waals surface area contributed by atoms with Crippen LogP contribution in [0.4, 0.5) is 11.4 Å². The van der Waals surface area contributed by atoms with Gasteiger partial charge in [-0.3, -0.25) is 9.59 Å². The van der Waals surface area contributed by atoms with Crippen LogP contribution in [-0.4, -0.2) is 33.1 Å². The summed E-state index contributed by atoms with van der Waals surface area (Å²) in [5, 5.41) is 2.86. The summed E-state index contributed by atoms with van der Waals surface area (Å²) < 4.78 is 10.5. The molecule has 0 unspecified atom stereocenters. The number of benzene rings is 2. The maximum atomic E-state index is 12.2. The highest BCUT2D eigenvalue weighted by atomic mass is 16.5. The monoisotopic (exact) mass is 356 g/mol. The van der Waals surface area contributed by atoms with Crippen molar-refractivity contribution in [3.63, 3.8) is 0 Å². The molecule has 138 valence electrons. The molecule has 6 nitrogen and oxygen atoms in total. The Balaban J connectivity index is 1.92. The van der Waals surface area contributed by atoms with Crippen molar-refractivity contribution in [3.05, 3.63) is 48.0 Å². The molecular formula is C20H24N2O4. The van der Waals surface area contributed by atoms with E-state index in [2.05, 4.69) is 5.32 Å². The quantitative estimate of drug-likeness (QED) is 0.827. The Kier molecular flexibility index (Phi) is 6.60. The lowest BCUT2D eigenvalue weighted by Crippen LogP contribution is -2.22. The van der Waals surface area contributed by atoms with Crippen molar-refractivity contribution in [2.24, 2.45) is 0 Å². The summed E-state index contributed by atoms with van der Waals surface area (Å²) >= 11 is 0. The summed E-state index contributed by atoms with van der Waals surface area (Å²) in [5.41, 5.74) is 2.47. The number of nitrogens with zero attached hydrogens (tertiary/aromatic N) is 1. The van der Waals surface area contributed by atoms with Gasteiger partial charge in [-0.05, 0) is 48.4 Å². The summed E-state index contributed by atoms with van der Waals surface area (Å²) in [6, 6.07) is 12.8. The summed E-state index contributed by atoms with van der Waals surface area (Å²) in [7, 11) is 4.88. The van der Waals surface area contributed by atoms with Gasteiger partial charge >= 0.3 is 0 Å². The number of nitrogens with one attached hydrogen (secondary N) is 1. The largest absolute Gasteiger partial charge is 0.493 e. The Morgan fingerprint density at radius 3 is 2.23 bits per heavy atom. The maximum absolute atomic E-state index is 12.2. The van der Waals surface area contributed by atoms with E-state index in [4.69, 9.17) is 9.47 Å². The van der Waals surface area contributed by atoms with Crippen molar-refractivity contribution < 1.29 is 19.1 Å². The predicted octanol–water partition coefficient (Wildman–Crippen LogP) is 3.26. The Labute approximate surface area is 153 Å². The van der Waals surface area contributed by atoms with Gasteiger partial charge in [0.2, 0.25) is 11.8 Å². The van der Waals surface area contributed by atoms with Crippen molar-refractivity contribution in [1.29, 1.82) is 0 Å². The van der Waals surface area contributed by atoms with Crippen molar-refractivity contribution >= 4 is 23.2 Å². The molecule has 0 heterocycles. The van der Waals surface area contributed by atoms with E-state index < -0.39 is 0 Å². The zero-order chi connectivity index (χ0) is 19.1. The van der Waals surface area contributed by atoms with Gasteiger partial charge in [0.05, 0.1) is 14.2 Å². The lowest BCUT2D eigenvalue weighted by Gasteiger charge is -2.15. The topological polar surface area (TPSA) is 67.9 Å². The van der Waals surface area contributed by atoms with Gasteiger partial charge < -0.3 is 19.7 Å². The van der Waals surface area contributed by atoms with Crippen LogP contribution in [0.5, 0.6) is 11.5 Å². The number of ether oxygens (including phenoxy) is 2. The lowest BCUT2D eigenvalue weighted by molar-refractivity contribution is -0.117. The van der Waals surface area contributed by atoms with Gasteiger partial charge in [0.15, 0.2) is 11.5 Å². The second kappa shape index (κ2) is 8.89. The molecule has 0 radical (unpaired) electrons. The molecule has 6 heteroatoms. The van der Waals surface area contributed by atoms with Gasteiger partial charge in [0, 0.05) is 31.8 Å². The van der Waals surface area contributed by atoms with Gasteiger partial charge in [-0.2, -0.15) is 0 Å². The molecule has 0 aliphatic heterocycles. The number of carbonyl (C=O) groups excluding carboxylic acids is 2. The first-order chi connectivity index (χ1) is 12.4. The van der Waals surface area contributed by atoms with Crippen LogP contribution in [0.25, 0.3) is 0 Å². The average molecular weight is 356 g/mol. The van der Waals surface area contributed by atoms with Gasteiger partial charge in [-0.1, -0.05) is 6.07 Å². The van der Waals surface area contributed by atoms with Crippen molar-refractivity contribution in [1.82, 2.24) is 0 Å². The number of amides is 2. The fraction of sp³-hybridized carbons (Fsp3) is 0.300. The molecule has 0 bridgehead atoms. The predicted molar refractivity (Wildman–Crippen MR) is 102 cm³/mol. The van der Waals surface area contributed by atoms with E-state index in [9.17, 15) is 9.59 Å². The number of carbonyl (C=O) groups is 2. The fourth-order valence-corrected chi connectivity index (χ4v) is 2.47. The highest BCUT2D eigenvalue weighted by molar-refractivity contribution is 5.93. The number of rotatable bonds is 7. The van der Waals surface area contributed by atoms with E-state index >= 15 is 0 Å². The average Bonchev–Trinajstić information content (AvgIpc) is 2.66. The van der Waals surface area contributed by atoms with E-state index in [1.807, 2.05) is 18.2 Å². The molecule has 2 rings (SSSR count). The van der Waals surface area contributed by atoms with Crippen molar-refractivity contribution in [2.45, 2.75) is 19.8 Å². The van der Waals surface area contributed by atoms with Crippen LogP contribution >= 0.6 is 0 Å². The third kappa shape index (κ3) is 4.99. The van der Waals surface area contributed by atoms with Crippen LogP contribution in [-0.2, 0) is 16.0 Å². The minimum absolute atomic E-state index is 0.0447. The minimum Gasteiger partial charge on any atom is -0.493 e. The van der Waals surface area contributed by atoms with Gasteiger partial charge in [0.1, 0.15) is 0 Å². The van der Waals surface area contributed by atoms with Crippen LogP contribution < -0.4 is 19.7 Å². The highest BCUT2D eigenvalue weighted by Gasteiger charge is 2.09. The zero-order valence-corrected chi connectivity index (χ0v) is 15.5. The Bertz CT molecular complexity index is 772. The molecule has 26 heavy (non-hydrogen) atoms. The normalized spacial score (nSPS) is 10.2. The first-order valence-corrected chi connectivity index (χ1v) is 8.29. The molecule has 2 amide bonds. The van der Waals surface area contributed by atoms with E-state index in [1.54, 1.807) is 50.4 Å². The number of methoxy groups -OCH3 is 2. The third-order valence-electron chi connectivity index (χ3n) is 4.10. The number of anilines is 2. The van der Waals surface area contributed by atoms with E-state index in [0.717, 1.165) is 11.3 Å². The smallest absolute Gasteiger partial charge is 0.224 e. The molecule has 0 saturated heterocycles. The van der Waals surface area contributed by atoms with Gasteiger partial charge in [-0.25, -0.2) is 0 Å². The molecule has 0 atom stereocenters. The minimum atomic E-state index is -0.0764. The number of hydrogen-bond acceptors (Lipinski definition) is 4. The molecule has 0 saturated carbocycles. The molecule has 1 N–H and O–H groups in total. The molecule has 2 aromatic carbocycles. The second-order valence-electron chi connectivity index (χ2n) is 5.86. The standard InChI is InChI=1S/C20H24N2O4/c1-14(23)22(2)17-9-7-16(8-10-17)21-20(24)12-6-15-5-11-18(25-3)19(13-15)26-4/h5,7-11,13H,6,12H2,1-4H3,(H,21,24). The van der Waals surface area contributed by atoms with Crippen LogP contribution in [0.2, 0.25) is 0 Å². The van der Waals surface area contributed by atoms with Crippen LogP contribution in [0.3, 0.4) is 0 Å². The molecule has 2 aromatic rings. The van der Waals surface area contributed by atoms with Crippen LogP contribution in [0.1, 0.15) is 18.9 Å². The summed E-state index contributed by atoms with van der Waals surface area (Å²) in [5.74, 6) is 1.19. The number of aryl methyl sites for hydroxylation is 1. The van der Waals surface area contributed by atoms with E-state index in [-0.39, 0.29) is 11.8 Å². The van der Waals surface area contributed by atoms with Crippen LogP contribution in [0, 0.1) is 0 Å². The highest BCUT2D eigenvalue weighted by Crippen LogP contribution is 2.28. The van der Waals surface area contributed by atoms with Crippen molar-refractivity contribution in [3.8, 4) is 11.5 Å². The first kappa shape index (κ1) is 19.3. The van der Waals surface area contributed by atoms with Gasteiger partial charge in [-0.15, -0.1) is 0 Å². The Hall–Kier alpha value is -3.02. The van der Waals surface area contributed by atoms with Crippen molar-refractivity contribution in [2.75, 3.05) is 31.5 Å². The van der Waals surface area contributed by atoms with E-state index in [0.29, 0.717) is 30.0 Å². The second-order valence-corrected chi connectivity index (χ2v) is 5.86. The Morgan fingerprint density at radius 1 is 1.00 bits per heavy atom. The lowest BCUT2D eigenvalue weighted by atomic mass is 10.1. The molecule has 0 spiro atoms. The molecule has 0 aliphatic carbocycles. The molecule has 0 aromatic heterocycles.